The van der Waals surface area contributed by atoms with Crippen molar-refractivity contribution >= 4 is 87.8 Å². The molecule has 30 heavy (non-hydrogen) atoms. The Morgan fingerprint density at radius 2 is 1.87 bits per heavy atom. The average Bonchev–Trinajstić information content (AvgIpc) is 3.25. The Labute approximate surface area is 197 Å². The van der Waals surface area contributed by atoms with Gasteiger partial charge in [-0.2, -0.15) is 0 Å². The van der Waals surface area contributed by atoms with Crippen molar-refractivity contribution in [3.63, 3.8) is 0 Å². The number of thiocarbonyl (C=S) groups is 2. The van der Waals surface area contributed by atoms with E-state index in [9.17, 15) is 24.3 Å². The van der Waals surface area contributed by atoms with E-state index in [0.717, 1.165) is 11.5 Å². The van der Waals surface area contributed by atoms with Gasteiger partial charge in [0.15, 0.2) is 0 Å². The fraction of sp³-hybridized carbons (Fsp3) is 0.588. The Hall–Kier alpha value is -1.11. The quantitative estimate of drug-likeness (QED) is 0.142. The molecular formula is C17H20N2O6S5. The molecule has 0 bridgehead atoms. The van der Waals surface area contributed by atoms with E-state index in [1.165, 1.54) is 40.2 Å². The number of hydrogen-bond acceptors (Lipinski definition) is 10. The molecule has 3 rings (SSSR count). The van der Waals surface area contributed by atoms with Gasteiger partial charge < -0.3 is 20.1 Å². The summed E-state index contributed by atoms with van der Waals surface area (Å²) >= 11 is 12.1. The number of ether oxygens (including phenoxy) is 1. The molecule has 164 valence electrons. The molecule has 2 amide bonds. The van der Waals surface area contributed by atoms with Crippen molar-refractivity contribution in [2.24, 2.45) is 0 Å². The normalized spacial score (nSPS) is 25.8. The van der Waals surface area contributed by atoms with Crippen LogP contribution in [0, 0.1) is 0 Å². The number of nitrogens with one attached hydrogen (secondary N) is 1. The lowest BCUT2D eigenvalue weighted by molar-refractivity contribution is -0.161. The minimum atomic E-state index is -1.07. The first-order valence-corrected chi connectivity index (χ1v) is 12.5. The second-order valence-corrected chi connectivity index (χ2v) is 11.6. The van der Waals surface area contributed by atoms with E-state index < -0.39 is 46.0 Å². The number of carbonyl (C=O) groups excluding carboxylic acids is 3. The van der Waals surface area contributed by atoms with Gasteiger partial charge in [-0.1, -0.05) is 0 Å². The number of fused-ring (bicyclic) bond motifs is 1. The van der Waals surface area contributed by atoms with Crippen LogP contribution in [0.15, 0.2) is 9.81 Å². The maximum atomic E-state index is 12.8. The van der Waals surface area contributed by atoms with Crippen LogP contribution in [0.1, 0.15) is 20.8 Å². The molecule has 3 aliphatic rings. The summed E-state index contributed by atoms with van der Waals surface area (Å²) in [7, 11) is 0. The smallest absolute Gasteiger partial charge is 0.345 e. The number of carboxylic acid groups (broad SMARTS) is 1. The van der Waals surface area contributed by atoms with Crippen LogP contribution in [0.4, 0.5) is 0 Å². The third-order valence-corrected chi connectivity index (χ3v) is 8.71. The Morgan fingerprint density at radius 3 is 2.37 bits per heavy atom. The summed E-state index contributed by atoms with van der Waals surface area (Å²) in [5.41, 5.74) is -0.0763. The van der Waals surface area contributed by atoms with Crippen molar-refractivity contribution in [3.8, 4) is 0 Å². The minimum absolute atomic E-state index is 0.0763. The first-order chi connectivity index (χ1) is 14.1. The van der Waals surface area contributed by atoms with Crippen LogP contribution in [0.2, 0.25) is 0 Å². The van der Waals surface area contributed by atoms with E-state index in [-0.39, 0.29) is 12.2 Å². The molecule has 3 atom stereocenters. The number of β-lactam (4-membered cyclic amide) rings is 1. The van der Waals surface area contributed by atoms with Gasteiger partial charge in [-0.15, -0.1) is 35.3 Å². The van der Waals surface area contributed by atoms with Crippen molar-refractivity contribution in [2.45, 2.75) is 43.0 Å². The molecule has 3 heterocycles. The molecule has 0 saturated carbocycles. The molecule has 1 unspecified atom stereocenters. The zero-order chi connectivity index (χ0) is 22.6. The maximum Gasteiger partial charge on any atom is 0.345 e. The number of carbonyl (C=O) groups is 4. The SMILES string of the molecule is CCOC(=O)C(C(=O)N[C@@H]1C(=O)N2C(C(=O)O)C(C)(C)S[C@H]12)=C1SCCS1.S=C=S. The molecule has 0 aromatic heterocycles. The fourth-order valence-corrected chi connectivity index (χ4v) is 7.42. The number of thioether (sulfide) groups is 3. The molecule has 3 saturated heterocycles. The minimum Gasteiger partial charge on any atom is -0.480 e. The van der Waals surface area contributed by atoms with Crippen LogP contribution in [-0.4, -0.2) is 78.4 Å². The summed E-state index contributed by atoms with van der Waals surface area (Å²) in [6.45, 7) is 5.32. The number of carboxylic acids is 1. The van der Waals surface area contributed by atoms with Crippen molar-refractivity contribution in [1.29, 1.82) is 0 Å². The van der Waals surface area contributed by atoms with Crippen molar-refractivity contribution < 1.29 is 29.0 Å². The molecule has 3 aliphatic heterocycles. The molecule has 0 radical (unpaired) electrons. The molecule has 8 nitrogen and oxygen atoms in total. The Kier molecular flexibility index (Phi) is 8.78. The predicted molar refractivity (Wildman–Crippen MR) is 124 cm³/mol. The second-order valence-electron chi connectivity index (χ2n) is 6.71. The summed E-state index contributed by atoms with van der Waals surface area (Å²) in [5.74, 6) is -1.29. The molecule has 2 N–H and O–H groups in total. The van der Waals surface area contributed by atoms with E-state index in [2.05, 4.69) is 29.8 Å². The van der Waals surface area contributed by atoms with Crippen LogP contribution >= 0.6 is 59.7 Å². The molecule has 0 spiro atoms. The summed E-state index contributed by atoms with van der Waals surface area (Å²) in [6.07, 6.45) is 0. The summed E-state index contributed by atoms with van der Waals surface area (Å²) in [6, 6.07) is -1.80. The van der Waals surface area contributed by atoms with E-state index in [0.29, 0.717) is 4.24 Å². The number of hydrogen-bond donors (Lipinski definition) is 2. The topological polar surface area (TPSA) is 113 Å². The van der Waals surface area contributed by atoms with E-state index in [1.807, 2.05) is 4.31 Å². The highest BCUT2D eigenvalue weighted by atomic mass is 32.2. The van der Waals surface area contributed by atoms with E-state index in [1.54, 1.807) is 20.8 Å². The first kappa shape index (κ1) is 25.2. The van der Waals surface area contributed by atoms with Crippen molar-refractivity contribution in [1.82, 2.24) is 10.2 Å². The van der Waals surface area contributed by atoms with Gasteiger partial charge in [0, 0.05) is 20.6 Å². The van der Waals surface area contributed by atoms with Crippen molar-refractivity contribution in [2.75, 3.05) is 18.1 Å². The van der Waals surface area contributed by atoms with Gasteiger partial charge in [0.1, 0.15) is 23.0 Å². The lowest BCUT2D eigenvalue weighted by Crippen LogP contribution is -2.70. The van der Waals surface area contributed by atoms with Crippen LogP contribution < -0.4 is 5.32 Å². The van der Waals surface area contributed by atoms with E-state index >= 15 is 0 Å². The van der Waals surface area contributed by atoms with Gasteiger partial charge in [0.05, 0.1) is 10.8 Å². The third kappa shape index (κ3) is 5.03. The zero-order valence-corrected chi connectivity index (χ0v) is 20.4. The lowest BCUT2D eigenvalue weighted by atomic mass is 9.96. The molecular weight excluding hydrogens is 489 g/mol. The predicted octanol–water partition coefficient (Wildman–Crippen LogP) is 1.89. The van der Waals surface area contributed by atoms with Crippen molar-refractivity contribution in [3.05, 3.63) is 9.81 Å². The van der Waals surface area contributed by atoms with Gasteiger partial charge in [-0.25, -0.2) is 9.59 Å². The summed E-state index contributed by atoms with van der Waals surface area (Å²) in [5, 5.41) is 11.6. The Balaban J connectivity index is 0.00000101. The second kappa shape index (κ2) is 10.5. The van der Waals surface area contributed by atoms with Gasteiger partial charge in [0.25, 0.3) is 5.91 Å². The number of rotatable bonds is 5. The monoisotopic (exact) mass is 508 g/mol. The first-order valence-electron chi connectivity index (χ1n) is 8.80. The highest BCUT2D eigenvalue weighted by Crippen LogP contribution is 2.51. The maximum absolute atomic E-state index is 12.8. The summed E-state index contributed by atoms with van der Waals surface area (Å²) < 4.78 is 6.84. The Morgan fingerprint density at radius 1 is 1.30 bits per heavy atom. The third-order valence-electron chi connectivity index (χ3n) is 4.42. The van der Waals surface area contributed by atoms with E-state index in [4.69, 9.17) is 4.74 Å². The molecule has 0 aromatic rings. The number of aliphatic carboxylic acids is 1. The average molecular weight is 509 g/mol. The molecule has 0 aromatic carbocycles. The standard InChI is InChI=1S/C16H20N2O6S3.CS2/c1-4-24-14(23)7(15-25-5-6-26-15)10(19)17-8-11(20)18-9(13(21)22)16(2,3)27-12(8)18;2-1-3/h8-9,12H,4-6H2,1-3H3,(H,17,19)(H,21,22);/t8-,9?,12-;/m1./s1. The van der Waals surface area contributed by atoms with Crippen LogP contribution in [0.25, 0.3) is 0 Å². The number of esters is 1. The molecule has 3 fully saturated rings. The molecule has 13 heteroatoms. The highest BCUT2D eigenvalue weighted by molar-refractivity contribution is 8.25. The summed E-state index contributed by atoms with van der Waals surface area (Å²) in [4.78, 5) is 50.4. The Bertz CT molecular complexity index is 815. The molecule has 0 aliphatic carbocycles. The largest absolute Gasteiger partial charge is 0.480 e. The highest BCUT2D eigenvalue weighted by Gasteiger charge is 2.64. The van der Waals surface area contributed by atoms with Crippen LogP contribution in [0.5, 0.6) is 0 Å². The van der Waals surface area contributed by atoms with Crippen LogP contribution in [0.3, 0.4) is 0 Å². The van der Waals surface area contributed by atoms with Crippen LogP contribution in [-0.2, 0) is 23.9 Å². The van der Waals surface area contributed by atoms with Gasteiger partial charge in [0.2, 0.25) is 5.91 Å². The van der Waals surface area contributed by atoms with Gasteiger partial charge in [-0.3, -0.25) is 9.59 Å². The van der Waals surface area contributed by atoms with Gasteiger partial charge >= 0.3 is 11.9 Å². The van der Waals surface area contributed by atoms with Gasteiger partial charge in [-0.05, 0) is 45.2 Å². The number of amides is 2. The zero-order valence-electron chi connectivity index (χ0n) is 16.3. The lowest BCUT2D eigenvalue weighted by Gasteiger charge is -2.43. The number of nitrogens with zero attached hydrogens (tertiary/aromatic N) is 1. The fourth-order valence-electron chi connectivity index (χ4n) is 3.29.